The SMILES string of the molecule is COC(=O)c1nc(N(C)Cc2cccc(C)c2)sc1C. The molecule has 106 valence electrons. The van der Waals surface area contributed by atoms with E-state index < -0.39 is 0 Å². The van der Waals surface area contributed by atoms with E-state index in [0.717, 1.165) is 16.6 Å². The zero-order chi connectivity index (χ0) is 14.7. The van der Waals surface area contributed by atoms with Gasteiger partial charge >= 0.3 is 5.97 Å². The van der Waals surface area contributed by atoms with Crippen molar-refractivity contribution in [3.63, 3.8) is 0 Å². The van der Waals surface area contributed by atoms with E-state index >= 15 is 0 Å². The summed E-state index contributed by atoms with van der Waals surface area (Å²) in [7, 11) is 3.35. The topological polar surface area (TPSA) is 42.4 Å². The van der Waals surface area contributed by atoms with E-state index in [-0.39, 0.29) is 5.97 Å². The van der Waals surface area contributed by atoms with Gasteiger partial charge < -0.3 is 9.64 Å². The molecule has 0 aliphatic carbocycles. The number of hydrogen-bond acceptors (Lipinski definition) is 5. The molecular weight excluding hydrogens is 272 g/mol. The van der Waals surface area contributed by atoms with Gasteiger partial charge in [-0.15, -0.1) is 11.3 Å². The van der Waals surface area contributed by atoms with Gasteiger partial charge in [-0.25, -0.2) is 9.78 Å². The molecule has 0 atom stereocenters. The van der Waals surface area contributed by atoms with Crippen LogP contribution >= 0.6 is 11.3 Å². The molecule has 0 fully saturated rings. The Morgan fingerprint density at radius 1 is 1.40 bits per heavy atom. The van der Waals surface area contributed by atoms with E-state index in [4.69, 9.17) is 4.74 Å². The fraction of sp³-hybridized carbons (Fsp3) is 0.333. The fourth-order valence-corrected chi connectivity index (χ4v) is 2.84. The minimum Gasteiger partial charge on any atom is -0.464 e. The number of rotatable bonds is 4. The van der Waals surface area contributed by atoms with Crippen LogP contribution in [0.25, 0.3) is 0 Å². The Kier molecular flexibility index (Phi) is 4.39. The first-order valence-electron chi connectivity index (χ1n) is 6.33. The van der Waals surface area contributed by atoms with Crippen LogP contribution in [0.2, 0.25) is 0 Å². The maximum Gasteiger partial charge on any atom is 0.357 e. The summed E-state index contributed by atoms with van der Waals surface area (Å²) >= 11 is 1.50. The van der Waals surface area contributed by atoms with Crippen LogP contribution in [0.15, 0.2) is 24.3 Å². The Hall–Kier alpha value is -1.88. The molecule has 0 amide bonds. The smallest absolute Gasteiger partial charge is 0.357 e. The van der Waals surface area contributed by atoms with Gasteiger partial charge in [0.15, 0.2) is 10.8 Å². The summed E-state index contributed by atoms with van der Waals surface area (Å²) in [6.45, 7) is 4.72. The molecule has 0 radical (unpaired) electrons. The number of anilines is 1. The monoisotopic (exact) mass is 290 g/mol. The minimum absolute atomic E-state index is 0.381. The third kappa shape index (κ3) is 3.17. The number of ether oxygens (including phenoxy) is 1. The lowest BCUT2D eigenvalue weighted by Crippen LogP contribution is -2.16. The highest BCUT2D eigenvalue weighted by atomic mass is 32.1. The molecule has 0 aliphatic heterocycles. The summed E-state index contributed by atoms with van der Waals surface area (Å²) in [6.07, 6.45) is 0. The lowest BCUT2D eigenvalue weighted by molar-refractivity contribution is 0.0594. The first-order valence-corrected chi connectivity index (χ1v) is 7.15. The highest BCUT2D eigenvalue weighted by molar-refractivity contribution is 7.15. The Labute approximate surface area is 123 Å². The van der Waals surface area contributed by atoms with Gasteiger partial charge in [-0.1, -0.05) is 29.8 Å². The molecule has 20 heavy (non-hydrogen) atoms. The van der Waals surface area contributed by atoms with Crippen molar-refractivity contribution >= 4 is 22.4 Å². The van der Waals surface area contributed by atoms with Crippen LogP contribution in [0.3, 0.4) is 0 Å². The van der Waals surface area contributed by atoms with Gasteiger partial charge in [-0.3, -0.25) is 0 Å². The number of nitrogens with zero attached hydrogens (tertiary/aromatic N) is 2. The van der Waals surface area contributed by atoms with E-state index in [1.807, 2.05) is 24.9 Å². The molecule has 5 heteroatoms. The summed E-state index contributed by atoms with van der Waals surface area (Å²) in [5.74, 6) is -0.381. The van der Waals surface area contributed by atoms with Gasteiger partial charge in [0.05, 0.1) is 7.11 Å². The normalized spacial score (nSPS) is 10.4. The third-order valence-electron chi connectivity index (χ3n) is 2.99. The van der Waals surface area contributed by atoms with Crippen molar-refractivity contribution in [3.8, 4) is 0 Å². The number of aromatic nitrogens is 1. The number of thiazole rings is 1. The molecule has 0 unspecified atom stereocenters. The minimum atomic E-state index is -0.381. The predicted octanol–water partition coefficient (Wildman–Crippen LogP) is 3.18. The molecule has 0 saturated carbocycles. The molecule has 1 aromatic heterocycles. The van der Waals surface area contributed by atoms with Crippen molar-refractivity contribution in [1.29, 1.82) is 0 Å². The van der Waals surface area contributed by atoms with E-state index in [2.05, 4.69) is 30.1 Å². The van der Waals surface area contributed by atoms with Crippen molar-refractivity contribution < 1.29 is 9.53 Å². The third-order valence-corrected chi connectivity index (χ3v) is 4.08. The van der Waals surface area contributed by atoms with Crippen LogP contribution in [0, 0.1) is 13.8 Å². The van der Waals surface area contributed by atoms with Gasteiger partial charge in [-0.05, 0) is 19.4 Å². The van der Waals surface area contributed by atoms with Crippen molar-refractivity contribution in [2.24, 2.45) is 0 Å². The average molecular weight is 290 g/mol. The Morgan fingerprint density at radius 3 is 2.80 bits per heavy atom. The van der Waals surface area contributed by atoms with Gasteiger partial charge in [-0.2, -0.15) is 0 Å². The van der Waals surface area contributed by atoms with Crippen LogP contribution < -0.4 is 4.90 Å². The van der Waals surface area contributed by atoms with Crippen LogP contribution in [-0.4, -0.2) is 25.1 Å². The molecule has 0 aliphatic rings. The Bertz CT molecular complexity index is 622. The summed E-state index contributed by atoms with van der Waals surface area (Å²) in [4.78, 5) is 18.9. The first-order chi connectivity index (χ1) is 9.51. The Morgan fingerprint density at radius 2 is 2.15 bits per heavy atom. The number of esters is 1. The maximum absolute atomic E-state index is 11.6. The van der Waals surface area contributed by atoms with E-state index in [1.54, 1.807) is 0 Å². The van der Waals surface area contributed by atoms with Crippen LogP contribution in [0.1, 0.15) is 26.5 Å². The first kappa shape index (κ1) is 14.5. The summed E-state index contributed by atoms with van der Waals surface area (Å²) in [6, 6.07) is 8.36. The second-order valence-electron chi connectivity index (χ2n) is 4.74. The molecule has 1 heterocycles. The average Bonchev–Trinajstić information content (AvgIpc) is 2.80. The van der Waals surface area contributed by atoms with E-state index in [0.29, 0.717) is 5.69 Å². The second-order valence-corrected chi connectivity index (χ2v) is 5.92. The van der Waals surface area contributed by atoms with Crippen LogP contribution in [-0.2, 0) is 11.3 Å². The van der Waals surface area contributed by atoms with Crippen molar-refractivity contribution in [2.75, 3.05) is 19.1 Å². The van der Waals surface area contributed by atoms with Gasteiger partial charge in [0.25, 0.3) is 0 Å². The van der Waals surface area contributed by atoms with E-state index in [9.17, 15) is 4.79 Å². The molecule has 0 saturated heterocycles. The molecular formula is C15H18N2O2S. The van der Waals surface area contributed by atoms with Crippen molar-refractivity contribution in [2.45, 2.75) is 20.4 Å². The molecule has 2 aromatic rings. The summed E-state index contributed by atoms with van der Waals surface area (Å²) in [5, 5.41) is 0.824. The standard InChI is InChI=1S/C15H18N2O2S/c1-10-6-5-7-12(8-10)9-17(3)15-16-13(11(2)20-15)14(18)19-4/h5-8H,9H2,1-4H3. The Balaban J connectivity index is 2.17. The zero-order valence-corrected chi connectivity index (χ0v) is 13.0. The van der Waals surface area contributed by atoms with Crippen molar-refractivity contribution in [1.82, 2.24) is 4.98 Å². The second kappa shape index (κ2) is 6.05. The molecule has 4 nitrogen and oxygen atoms in total. The molecule has 1 aromatic carbocycles. The fourth-order valence-electron chi connectivity index (χ4n) is 1.98. The van der Waals surface area contributed by atoms with Crippen LogP contribution in [0.5, 0.6) is 0 Å². The maximum atomic E-state index is 11.6. The highest BCUT2D eigenvalue weighted by Crippen LogP contribution is 2.26. The molecule has 0 bridgehead atoms. The van der Waals surface area contributed by atoms with E-state index in [1.165, 1.54) is 29.6 Å². The number of carbonyl (C=O) groups is 1. The van der Waals surface area contributed by atoms with Crippen LogP contribution in [0.4, 0.5) is 5.13 Å². The molecule has 2 rings (SSSR count). The number of methoxy groups -OCH3 is 1. The number of benzene rings is 1. The lowest BCUT2D eigenvalue weighted by atomic mass is 10.1. The van der Waals surface area contributed by atoms with Gasteiger partial charge in [0, 0.05) is 18.5 Å². The quantitative estimate of drug-likeness (QED) is 0.811. The summed E-state index contributed by atoms with van der Waals surface area (Å²) in [5.41, 5.74) is 2.87. The van der Waals surface area contributed by atoms with Gasteiger partial charge in [0.1, 0.15) is 0 Å². The number of carbonyl (C=O) groups excluding carboxylic acids is 1. The predicted molar refractivity (Wildman–Crippen MR) is 81.5 cm³/mol. The summed E-state index contributed by atoms with van der Waals surface area (Å²) < 4.78 is 4.73. The lowest BCUT2D eigenvalue weighted by Gasteiger charge is -2.15. The largest absolute Gasteiger partial charge is 0.464 e. The molecule has 0 N–H and O–H groups in total. The number of hydrogen-bond donors (Lipinski definition) is 0. The number of aryl methyl sites for hydroxylation is 2. The van der Waals surface area contributed by atoms with Crippen molar-refractivity contribution in [3.05, 3.63) is 46.0 Å². The van der Waals surface area contributed by atoms with Gasteiger partial charge in [0.2, 0.25) is 0 Å². The molecule has 0 spiro atoms. The highest BCUT2D eigenvalue weighted by Gasteiger charge is 2.17. The zero-order valence-electron chi connectivity index (χ0n) is 12.1.